The molecule has 0 radical (unpaired) electrons. The third-order valence-corrected chi connectivity index (χ3v) is 3.17. The molecule has 0 amide bonds. The summed E-state index contributed by atoms with van der Waals surface area (Å²) in [5, 5.41) is 15.6. The van der Waals surface area contributed by atoms with Gasteiger partial charge < -0.3 is 10.4 Å². The van der Waals surface area contributed by atoms with Crippen LogP contribution in [0.1, 0.15) is 16.3 Å². The monoisotopic (exact) mass is 234 g/mol. The standard InChI is InChI=1S/C12H14N2OS/c1-9-8-16-12(14-9)7-13-6-10-2-4-11(15)5-3-10/h2-5,8,13,15H,6-7H2,1H3. The van der Waals surface area contributed by atoms with Crippen molar-refractivity contribution in [1.29, 1.82) is 0 Å². The first-order chi connectivity index (χ1) is 7.74. The molecule has 0 unspecified atom stereocenters. The van der Waals surface area contributed by atoms with Gasteiger partial charge in [-0.05, 0) is 24.6 Å². The largest absolute Gasteiger partial charge is 0.508 e. The molecule has 0 atom stereocenters. The number of aryl methyl sites for hydroxylation is 1. The second kappa shape index (κ2) is 5.09. The van der Waals surface area contributed by atoms with Crippen molar-refractivity contribution in [1.82, 2.24) is 10.3 Å². The first kappa shape index (κ1) is 11.1. The Morgan fingerprint density at radius 1 is 1.25 bits per heavy atom. The lowest BCUT2D eigenvalue weighted by Crippen LogP contribution is -2.12. The summed E-state index contributed by atoms with van der Waals surface area (Å²) in [5.41, 5.74) is 2.23. The van der Waals surface area contributed by atoms with Crippen molar-refractivity contribution in [2.24, 2.45) is 0 Å². The molecule has 0 aliphatic heterocycles. The second-order valence-corrected chi connectivity index (χ2v) is 4.60. The van der Waals surface area contributed by atoms with E-state index in [1.807, 2.05) is 19.1 Å². The maximum Gasteiger partial charge on any atom is 0.115 e. The topological polar surface area (TPSA) is 45.1 Å². The highest BCUT2D eigenvalue weighted by atomic mass is 32.1. The Hall–Kier alpha value is -1.39. The van der Waals surface area contributed by atoms with Gasteiger partial charge in [-0.25, -0.2) is 4.98 Å². The average Bonchev–Trinajstić information content (AvgIpc) is 2.67. The summed E-state index contributed by atoms with van der Waals surface area (Å²) in [5.74, 6) is 0.305. The fourth-order valence-electron chi connectivity index (χ4n) is 1.41. The van der Waals surface area contributed by atoms with E-state index < -0.39 is 0 Å². The lowest BCUT2D eigenvalue weighted by Gasteiger charge is -2.02. The number of hydrogen-bond donors (Lipinski definition) is 2. The fraction of sp³-hybridized carbons (Fsp3) is 0.250. The van der Waals surface area contributed by atoms with E-state index in [4.69, 9.17) is 5.11 Å². The molecule has 2 N–H and O–H groups in total. The van der Waals surface area contributed by atoms with Gasteiger partial charge in [0.1, 0.15) is 10.8 Å². The molecule has 1 aromatic heterocycles. The average molecular weight is 234 g/mol. The van der Waals surface area contributed by atoms with E-state index in [2.05, 4.69) is 15.7 Å². The predicted octanol–water partition coefficient (Wildman–Crippen LogP) is 2.45. The summed E-state index contributed by atoms with van der Waals surface area (Å²) in [4.78, 5) is 4.37. The first-order valence-electron chi connectivity index (χ1n) is 5.13. The van der Waals surface area contributed by atoms with Crippen molar-refractivity contribution in [3.05, 3.63) is 45.9 Å². The smallest absolute Gasteiger partial charge is 0.115 e. The Morgan fingerprint density at radius 2 is 2.00 bits per heavy atom. The van der Waals surface area contributed by atoms with Crippen molar-refractivity contribution >= 4 is 11.3 Å². The van der Waals surface area contributed by atoms with Gasteiger partial charge in [0.25, 0.3) is 0 Å². The molecule has 1 aromatic carbocycles. The Bertz CT molecular complexity index is 450. The van der Waals surface area contributed by atoms with Gasteiger partial charge in [0, 0.05) is 24.2 Å². The van der Waals surface area contributed by atoms with Gasteiger partial charge in [-0.3, -0.25) is 0 Å². The zero-order chi connectivity index (χ0) is 11.4. The molecule has 4 heteroatoms. The van der Waals surface area contributed by atoms with Crippen LogP contribution in [-0.2, 0) is 13.1 Å². The molecule has 0 spiro atoms. The van der Waals surface area contributed by atoms with Gasteiger partial charge in [0.05, 0.1) is 0 Å². The molecule has 84 valence electrons. The Labute approximate surface area is 98.8 Å². The maximum atomic E-state index is 9.13. The highest BCUT2D eigenvalue weighted by molar-refractivity contribution is 7.09. The second-order valence-electron chi connectivity index (χ2n) is 3.65. The van der Waals surface area contributed by atoms with Crippen LogP contribution in [0.3, 0.4) is 0 Å². The van der Waals surface area contributed by atoms with Crippen LogP contribution in [0.15, 0.2) is 29.6 Å². The molecule has 0 fully saturated rings. The van der Waals surface area contributed by atoms with Crippen molar-refractivity contribution in [3.8, 4) is 5.75 Å². The van der Waals surface area contributed by atoms with Gasteiger partial charge >= 0.3 is 0 Å². The molecule has 16 heavy (non-hydrogen) atoms. The summed E-state index contributed by atoms with van der Waals surface area (Å²) in [6.07, 6.45) is 0. The van der Waals surface area contributed by atoms with Gasteiger partial charge in [-0.1, -0.05) is 12.1 Å². The van der Waals surface area contributed by atoms with Crippen LogP contribution in [-0.4, -0.2) is 10.1 Å². The number of rotatable bonds is 4. The van der Waals surface area contributed by atoms with E-state index in [0.717, 1.165) is 29.4 Å². The minimum Gasteiger partial charge on any atom is -0.508 e. The van der Waals surface area contributed by atoms with Crippen LogP contribution in [0.2, 0.25) is 0 Å². The lowest BCUT2D eigenvalue weighted by molar-refractivity contribution is 0.475. The van der Waals surface area contributed by atoms with Crippen molar-refractivity contribution in [2.45, 2.75) is 20.0 Å². The molecule has 1 heterocycles. The van der Waals surface area contributed by atoms with Gasteiger partial charge in [-0.15, -0.1) is 11.3 Å². The van der Waals surface area contributed by atoms with E-state index in [1.54, 1.807) is 23.5 Å². The molecule has 0 aliphatic rings. The number of phenols is 1. The molecule has 0 aliphatic carbocycles. The van der Waals surface area contributed by atoms with E-state index in [-0.39, 0.29) is 0 Å². The minimum atomic E-state index is 0.305. The lowest BCUT2D eigenvalue weighted by atomic mass is 10.2. The zero-order valence-corrected chi connectivity index (χ0v) is 9.92. The quantitative estimate of drug-likeness (QED) is 0.854. The Balaban J connectivity index is 1.82. The van der Waals surface area contributed by atoms with Crippen LogP contribution in [0.4, 0.5) is 0 Å². The fourth-order valence-corrected chi connectivity index (χ4v) is 2.15. The summed E-state index contributed by atoms with van der Waals surface area (Å²) >= 11 is 1.67. The van der Waals surface area contributed by atoms with Gasteiger partial charge in [0.15, 0.2) is 0 Å². The van der Waals surface area contributed by atoms with Crippen LogP contribution < -0.4 is 5.32 Å². The third-order valence-electron chi connectivity index (χ3n) is 2.21. The number of thiazole rings is 1. The highest BCUT2D eigenvalue weighted by Gasteiger charge is 1.98. The first-order valence-corrected chi connectivity index (χ1v) is 6.01. The van der Waals surface area contributed by atoms with Crippen LogP contribution in [0.5, 0.6) is 5.75 Å². The van der Waals surface area contributed by atoms with E-state index in [1.165, 1.54) is 0 Å². The Kier molecular flexibility index (Phi) is 3.54. The minimum absolute atomic E-state index is 0.305. The number of phenolic OH excluding ortho intramolecular Hbond substituents is 1. The van der Waals surface area contributed by atoms with E-state index >= 15 is 0 Å². The summed E-state index contributed by atoms with van der Waals surface area (Å²) in [6, 6.07) is 7.22. The Morgan fingerprint density at radius 3 is 2.62 bits per heavy atom. The van der Waals surface area contributed by atoms with Gasteiger partial charge in [0.2, 0.25) is 0 Å². The van der Waals surface area contributed by atoms with Crippen LogP contribution in [0.25, 0.3) is 0 Å². The summed E-state index contributed by atoms with van der Waals surface area (Å²) in [6.45, 7) is 3.58. The van der Waals surface area contributed by atoms with Crippen molar-refractivity contribution in [3.63, 3.8) is 0 Å². The molecule has 0 bridgehead atoms. The molecule has 2 rings (SSSR count). The molecule has 2 aromatic rings. The number of nitrogens with one attached hydrogen (secondary N) is 1. The van der Waals surface area contributed by atoms with Gasteiger partial charge in [-0.2, -0.15) is 0 Å². The number of benzene rings is 1. The van der Waals surface area contributed by atoms with E-state index in [0.29, 0.717) is 5.75 Å². The number of aromatic hydroxyl groups is 1. The molecule has 3 nitrogen and oxygen atoms in total. The number of aromatic nitrogens is 1. The van der Waals surface area contributed by atoms with Crippen LogP contribution >= 0.6 is 11.3 Å². The molecule has 0 saturated carbocycles. The van der Waals surface area contributed by atoms with Crippen molar-refractivity contribution < 1.29 is 5.11 Å². The third kappa shape index (κ3) is 3.05. The van der Waals surface area contributed by atoms with E-state index in [9.17, 15) is 0 Å². The van der Waals surface area contributed by atoms with Crippen LogP contribution in [0, 0.1) is 6.92 Å². The SMILES string of the molecule is Cc1csc(CNCc2ccc(O)cc2)n1. The normalized spacial score (nSPS) is 10.6. The van der Waals surface area contributed by atoms with Crippen molar-refractivity contribution in [2.75, 3.05) is 0 Å². The molecular formula is C12H14N2OS. The number of hydrogen-bond acceptors (Lipinski definition) is 4. The summed E-state index contributed by atoms with van der Waals surface area (Å²) in [7, 11) is 0. The maximum absolute atomic E-state index is 9.13. The predicted molar refractivity (Wildman–Crippen MR) is 65.5 cm³/mol. The number of nitrogens with zero attached hydrogens (tertiary/aromatic N) is 1. The molecular weight excluding hydrogens is 220 g/mol. The highest BCUT2D eigenvalue weighted by Crippen LogP contribution is 2.10. The zero-order valence-electron chi connectivity index (χ0n) is 9.10. The molecule has 0 saturated heterocycles. The summed E-state index contributed by atoms with van der Waals surface area (Å²) < 4.78 is 0.